The summed E-state index contributed by atoms with van der Waals surface area (Å²) in [5, 5.41) is 37.0. The lowest BCUT2D eigenvalue weighted by Gasteiger charge is -2.44. The number of aromatic nitrogens is 1. The number of carbonyl (C=O) groups excluding carboxylic acids is 1. The van der Waals surface area contributed by atoms with Crippen molar-refractivity contribution in [2.75, 3.05) is 26.3 Å². The number of aliphatic hydroxyl groups is 1. The van der Waals surface area contributed by atoms with Gasteiger partial charge in [0.2, 0.25) is 5.41 Å². The van der Waals surface area contributed by atoms with E-state index >= 15 is 0 Å². The quantitative estimate of drug-likeness (QED) is 0.686. The molecule has 0 saturated heterocycles. The van der Waals surface area contributed by atoms with E-state index in [0.29, 0.717) is 5.57 Å². The zero-order valence-corrected chi connectivity index (χ0v) is 17.4. The van der Waals surface area contributed by atoms with Gasteiger partial charge in [-0.1, -0.05) is 6.08 Å². The summed E-state index contributed by atoms with van der Waals surface area (Å²) in [6.45, 7) is 4.30. The second-order valence-electron chi connectivity index (χ2n) is 6.86. The number of fused-ring (bicyclic) bond motifs is 1. The molecule has 3 N–H and O–H groups in total. The van der Waals surface area contributed by atoms with E-state index in [9.17, 15) is 20.6 Å². The molecular weight excluding hydrogens is 396 g/mol. The van der Waals surface area contributed by atoms with Gasteiger partial charge in [0.1, 0.15) is 0 Å². The van der Waals surface area contributed by atoms with Crippen molar-refractivity contribution in [2.24, 2.45) is 17.1 Å². The Morgan fingerprint density at radius 2 is 1.94 bits per heavy atom. The predicted molar refractivity (Wildman–Crippen MR) is 110 cm³/mol. The molecule has 2 aliphatic rings. The highest BCUT2D eigenvalue weighted by molar-refractivity contribution is 5.69. The van der Waals surface area contributed by atoms with E-state index in [1.807, 2.05) is 12.1 Å². The number of hydrogen-bond acceptors (Lipinski definition) is 8. The number of nitrogens with zero attached hydrogens (tertiary/aromatic N) is 5. The maximum atomic E-state index is 12.3. The van der Waals surface area contributed by atoms with Gasteiger partial charge < -0.3 is 20.5 Å². The number of hydrogen-bond donors (Lipinski definition) is 2. The van der Waals surface area contributed by atoms with Crippen LogP contribution in [0.4, 0.5) is 4.79 Å². The minimum absolute atomic E-state index is 0.0473. The molecule has 3 rings (SSSR count). The first-order chi connectivity index (χ1) is 14.9. The molecular formula is C22H24N6O3. The van der Waals surface area contributed by atoms with E-state index in [4.69, 9.17) is 15.6 Å². The Balaban J connectivity index is 0.00000107. The third kappa shape index (κ3) is 4.21. The van der Waals surface area contributed by atoms with Crippen molar-refractivity contribution >= 4 is 6.09 Å². The SMILES string of the molecule is CCO.CCOC(=O)N1CC=C2C(C1)C(c1ccncc1)C(C#N)=C(N)C2(C#N)C#N. The van der Waals surface area contributed by atoms with Crippen LogP contribution in [0.2, 0.25) is 0 Å². The molecule has 0 fully saturated rings. The molecule has 9 heteroatoms. The topological polar surface area (TPSA) is 160 Å². The van der Waals surface area contributed by atoms with Gasteiger partial charge in [0, 0.05) is 43.9 Å². The van der Waals surface area contributed by atoms with Crippen molar-refractivity contribution in [1.82, 2.24) is 9.88 Å². The fourth-order valence-corrected chi connectivity index (χ4v) is 3.95. The molecule has 2 heterocycles. The van der Waals surface area contributed by atoms with Crippen LogP contribution >= 0.6 is 0 Å². The number of carbonyl (C=O) groups is 1. The van der Waals surface area contributed by atoms with Crippen LogP contribution in [0.1, 0.15) is 25.3 Å². The summed E-state index contributed by atoms with van der Waals surface area (Å²) in [7, 11) is 0. The summed E-state index contributed by atoms with van der Waals surface area (Å²) in [4.78, 5) is 17.8. The predicted octanol–water partition coefficient (Wildman–Crippen LogP) is 1.96. The summed E-state index contributed by atoms with van der Waals surface area (Å²) < 4.78 is 5.10. The largest absolute Gasteiger partial charge is 0.450 e. The van der Waals surface area contributed by atoms with E-state index in [1.54, 1.807) is 44.4 Å². The number of nitrogens with two attached hydrogens (primary N) is 1. The first-order valence-corrected chi connectivity index (χ1v) is 9.81. The maximum Gasteiger partial charge on any atom is 0.410 e. The summed E-state index contributed by atoms with van der Waals surface area (Å²) in [5.74, 6) is -0.951. The maximum absolute atomic E-state index is 12.3. The molecule has 160 valence electrons. The van der Waals surface area contributed by atoms with E-state index in [2.05, 4.69) is 11.1 Å². The van der Waals surface area contributed by atoms with Crippen LogP contribution in [0.3, 0.4) is 0 Å². The highest BCUT2D eigenvalue weighted by Crippen LogP contribution is 2.52. The number of nitriles is 3. The molecule has 2 unspecified atom stereocenters. The monoisotopic (exact) mass is 420 g/mol. The van der Waals surface area contributed by atoms with Crippen LogP contribution < -0.4 is 5.73 Å². The Bertz CT molecular complexity index is 983. The molecule has 0 radical (unpaired) electrons. The molecule has 1 aromatic heterocycles. The minimum atomic E-state index is -1.72. The molecule has 1 aromatic rings. The standard InChI is InChI=1S/C20H18N6O2.C2H6O/c1-2-28-19(27)26-8-5-16-15(10-26)17(13-3-6-25-7-4-13)14(9-21)18(24)20(16,11-22)12-23;1-2-3/h3-7,15,17H,2,8,10,24H2,1H3;3H,2H2,1H3. The van der Waals surface area contributed by atoms with E-state index in [0.717, 1.165) is 5.56 Å². The summed E-state index contributed by atoms with van der Waals surface area (Å²) in [6, 6.07) is 9.65. The third-order valence-corrected chi connectivity index (χ3v) is 5.24. The van der Waals surface area contributed by atoms with E-state index in [1.165, 1.54) is 4.90 Å². The normalized spacial score (nSPS) is 21.2. The van der Waals surface area contributed by atoms with E-state index in [-0.39, 0.29) is 37.6 Å². The van der Waals surface area contributed by atoms with Crippen LogP contribution in [-0.2, 0) is 4.74 Å². The van der Waals surface area contributed by atoms with Crippen molar-refractivity contribution in [2.45, 2.75) is 19.8 Å². The number of pyridine rings is 1. The molecule has 2 atom stereocenters. The molecule has 0 bridgehead atoms. The van der Waals surface area contributed by atoms with Crippen LogP contribution in [0.5, 0.6) is 0 Å². The van der Waals surface area contributed by atoms with Crippen molar-refractivity contribution in [3.8, 4) is 18.2 Å². The smallest absolute Gasteiger partial charge is 0.410 e. The Morgan fingerprint density at radius 3 is 2.45 bits per heavy atom. The van der Waals surface area contributed by atoms with Gasteiger partial charge in [-0.3, -0.25) is 4.98 Å². The van der Waals surface area contributed by atoms with Crippen molar-refractivity contribution in [3.05, 3.63) is 53.0 Å². The van der Waals surface area contributed by atoms with Gasteiger partial charge in [-0.2, -0.15) is 15.8 Å². The average molecular weight is 420 g/mol. The van der Waals surface area contributed by atoms with Gasteiger partial charge in [-0.25, -0.2) is 4.79 Å². The fraction of sp³-hybridized carbons (Fsp3) is 0.409. The summed E-state index contributed by atoms with van der Waals surface area (Å²) in [5.41, 5.74) is 5.92. The zero-order valence-electron chi connectivity index (χ0n) is 17.4. The van der Waals surface area contributed by atoms with Crippen molar-refractivity contribution in [3.63, 3.8) is 0 Å². The molecule has 31 heavy (non-hydrogen) atoms. The van der Waals surface area contributed by atoms with Gasteiger partial charge in [0.05, 0.1) is 36.1 Å². The lowest BCUT2D eigenvalue weighted by Crippen LogP contribution is -2.48. The second kappa shape index (κ2) is 10.2. The molecule has 0 aromatic carbocycles. The van der Waals surface area contributed by atoms with Gasteiger partial charge in [-0.15, -0.1) is 0 Å². The first kappa shape index (κ1) is 23.4. The molecule has 1 aliphatic carbocycles. The highest BCUT2D eigenvalue weighted by atomic mass is 16.6. The van der Waals surface area contributed by atoms with Crippen molar-refractivity contribution in [1.29, 1.82) is 15.8 Å². The number of ether oxygens (including phenoxy) is 1. The molecule has 1 aliphatic heterocycles. The number of rotatable bonds is 2. The molecule has 1 amide bonds. The van der Waals surface area contributed by atoms with Gasteiger partial charge in [0.25, 0.3) is 0 Å². The molecule has 0 saturated carbocycles. The third-order valence-electron chi connectivity index (χ3n) is 5.24. The van der Waals surface area contributed by atoms with Crippen molar-refractivity contribution < 1.29 is 14.6 Å². The number of amides is 1. The Labute approximate surface area is 181 Å². The molecule has 0 spiro atoms. The number of aliphatic hydroxyl groups excluding tert-OH is 1. The zero-order chi connectivity index (χ0) is 23.0. The van der Waals surface area contributed by atoms with Crippen LogP contribution in [-0.4, -0.2) is 47.4 Å². The Kier molecular flexibility index (Phi) is 7.74. The van der Waals surface area contributed by atoms with Crippen LogP contribution in [0.25, 0.3) is 0 Å². The fourth-order valence-electron chi connectivity index (χ4n) is 3.95. The van der Waals surface area contributed by atoms with Gasteiger partial charge >= 0.3 is 6.09 Å². The van der Waals surface area contributed by atoms with Crippen LogP contribution in [0, 0.1) is 45.3 Å². The number of allylic oxidation sites excluding steroid dienone is 2. The summed E-state index contributed by atoms with van der Waals surface area (Å²) in [6.07, 6.45) is 4.41. The Hall–Kier alpha value is -3.87. The second-order valence-corrected chi connectivity index (χ2v) is 6.86. The Morgan fingerprint density at radius 1 is 1.32 bits per heavy atom. The lowest BCUT2D eigenvalue weighted by atomic mass is 9.60. The first-order valence-electron chi connectivity index (χ1n) is 9.81. The summed E-state index contributed by atoms with van der Waals surface area (Å²) >= 11 is 0. The average Bonchev–Trinajstić information content (AvgIpc) is 2.79. The highest BCUT2D eigenvalue weighted by Gasteiger charge is 2.53. The van der Waals surface area contributed by atoms with Gasteiger partial charge in [-0.05, 0) is 37.1 Å². The molecule has 9 nitrogen and oxygen atoms in total. The van der Waals surface area contributed by atoms with E-state index < -0.39 is 23.3 Å². The van der Waals surface area contributed by atoms with Crippen LogP contribution in [0.15, 0.2) is 47.4 Å². The van der Waals surface area contributed by atoms with Gasteiger partial charge in [0.15, 0.2) is 0 Å². The minimum Gasteiger partial charge on any atom is -0.450 e. The lowest BCUT2D eigenvalue weighted by molar-refractivity contribution is 0.102.